The molecular formula is C9H17NO5S. The third-order valence-corrected chi connectivity index (χ3v) is 3.29. The first-order valence-electron chi connectivity index (χ1n) is 5.34. The molecular weight excluding hydrogens is 234 g/mol. The number of hydrogen-bond donors (Lipinski definition) is 1. The first-order chi connectivity index (χ1) is 7.50. The van der Waals surface area contributed by atoms with Gasteiger partial charge in [-0.15, -0.1) is 0 Å². The van der Waals surface area contributed by atoms with Gasteiger partial charge in [-0.05, 0) is 12.8 Å². The highest BCUT2D eigenvalue weighted by atomic mass is 32.2. The second-order valence-corrected chi connectivity index (χ2v) is 5.39. The molecule has 94 valence electrons. The standard InChI is InChI=1S/C9H17NO5S/c10-16(12,13)9(11)5-3-1-2-4-8-6-7-14-15-8/h8H,1-7H2,(H2,10,12,13). The monoisotopic (exact) mass is 251 g/mol. The normalized spacial score (nSPS) is 21.2. The average molecular weight is 251 g/mol. The number of sulfonamides is 1. The summed E-state index contributed by atoms with van der Waals surface area (Å²) in [6, 6.07) is 0. The molecule has 0 aromatic carbocycles. The van der Waals surface area contributed by atoms with E-state index in [9.17, 15) is 13.2 Å². The molecule has 0 aromatic rings. The summed E-state index contributed by atoms with van der Waals surface area (Å²) in [5.74, 6) is 0. The first kappa shape index (κ1) is 13.6. The summed E-state index contributed by atoms with van der Waals surface area (Å²) >= 11 is 0. The van der Waals surface area contributed by atoms with Crippen LogP contribution in [0.2, 0.25) is 0 Å². The van der Waals surface area contributed by atoms with Crippen LogP contribution in [0.25, 0.3) is 0 Å². The molecule has 0 aromatic heterocycles. The van der Waals surface area contributed by atoms with Crippen molar-refractivity contribution in [3.8, 4) is 0 Å². The minimum absolute atomic E-state index is 0.000850. The van der Waals surface area contributed by atoms with Gasteiger partial charge in [-0.1, -0.05) is 12.8 Å². The largest absolute Gasteiger partial charge is 0.280 e. The van der Waals surface area contributed by atoms with Gasteiger partial charge in [0.15, 0.2) is 0 Å². The Morgan fingerprint density at radius 1 is 1.31 bits per heavy atom. The molecule has 1 saturated heterocycles. The van der Waals surface area contributed by atoms with Crippen molar-refractivity contribution in [3.63, 3.8) is 0 Å². The minimum atomic E-state index is -3.99. The lowest BCUT2D eigenvalue weighted by Gasteiger charge is -2.05. The van der Waals surface area contributed by atoms with Crippen molar-refractivity contribution in [1.29, 1.82) is 0 Å². The zero-order valence-electron chi connectivity index (χ0n) is 9.05. The predicted molar refractivity (Wildman–Crippen MR) is 56.6 cm³/mol. The van der Waals surface area contributed by atoms with Crippen LogP contribution in [0.5, 0.6) is 0 Å². The summed E-state index contributed by atoms with van der Waals surface area (Å²) in [4.78, 5) is 20.6. The first-order valence-corrected chi connectivity index (χ1v) is 6.88. The summed E-state index contributed by atoms with van der Waals surface area (Å²) < 4.78 is 21.2. The number of nitrogens with two attached hydrogens (primary N) is 1. The molecule has 0 bridgehead atoms. The zero-order chi connectivity index (χ0) is 12.0. The molecule has 0 aliphatic carbocycles. The molecule has 1 rings (SSSR count). The van der Waals surface area contributed by atoms with E-state index < -0.39 is 15.1 Å². The van der Waals surface area contributed by atoms with Gasteiger partial charge in [-0.3, -0.25) is 4.79 Å². The molecule has 1 heterocycles. The minimum Gasteiger partial charge on any atom is -0.280 e. The Kier molecular flexibility index (Phi) is 5.33. The fourth-order valence-electron chi connectivity index (χ4n) is 1.52. The van der Waals surface area contributed by atoms with Crippen LogP contribution < -0.4 is 5.14 Å². The molecule has 7 heteroatoms. The van der Waals surface area contributed by atoms with Crippen LogP contribution in [0.15, 0.2) is 0 Å². The van der Waals surface area contributed by atoms with Gasteiger partial charge >= 0.3 is 0 Å². The fourth-order valence-corrected chi connectivity index (χ4v) is 1.95. The molecule has 1 aliphatic rings. The average Bonchev–Trinajstić information content (AvgIpc) is 2.68. The van der Waals surface area contributed by atoms with Crippen LogP contribution in [0.3, 0.4) is 0 Å². The molecule has 6 nitrogen and oxygen atoms in total. The SMILES string of the molecule is NS(=O)(=O)C(=O)CCCCCC1CCOO1. The Hall–Kier alpha value is -0.500. The van der Waals surface area contributed by atoms with Crippen molar-refractivity contribution in [2.24, 2.45) is 5.14 Å². The number of hydrogen-bond acceptors (Lipinski definition) is 5. The summed E-state index contributed by atoms with van der Waals surface area (Å²) in [6.45, 7) is 0.634. The van der Waals surface area contributed by atoms with Crippen molar-refractivity contribution >= 4 is 15.1 Å². The van der Waals surface area contributed by atoms with E-state index in [-0.39, 0.29) is 12.5 Å². The van der Waals surface area contributed by atoms with Crippen molar-refractivity contribution in [2.75, 3.05) is 6.61 Å². The molecule has 1 unspecified atom stereocenters. The van der Waals surface area contributed by atoms with Gasteiger partial charge in [0.05, 0.1) is 12.7 Å². The smallest absolute Gasteiger partial charge is 0.271 e. The molecule has 1 aliphatic heterocycles. The molecule has 1 atom stereocenters. The van der Waals surface area contributed by atoms with Gasteiger partial charge in [0.1, 0.15) is 0 Å². The lowest BCUT2D eigenvalue weighted by molar-refractivity contribution is -0.275. The van der Waals surface area contributed by atoms with Crippen LogP contribution in [-0.4, -0.2) is 26.2 Å². The summed E-state index contributed by atoms with van der Waals surface area (Å²) in [5.41, 5.74) is 0. The third kappa shape index (κ3) is 5.02. The van der Waals surface area contributed by atoms with E-state index in [1.807, 2.05) is 0 Å². The Morgan fingerprint density at radius 2 is 2.06 bits per heavy atom. The van der Waals surface area contributed by atoms with Crippen LogP contribution in [0.4, 0.5) is 0 Å². The Morgan fingerprint density at radius 3 is 2.62 bits per heavy atom. The van der Waals surface area contributed by atoms with Crippen LogP contribution in [-0.2, 0) is 24.6 Å². The molecule has 16 heavy (non-hydrogen) atoms. The number of rotatable bonds is 6. The van der Waals surface area contributed by atoms with Gasteiger partial charge in [-0.25, -0.2) is 23.3 Å². The number of unbranched alkanes of at least 4 members (excludes halogenated alkanes) is 2. The molecule has 0 radical (unpaired) electrons. The van der Waals surface area contributed by atoms with Gasteiger partial charge in [0.2, 0.25) is 0 Å². The maximum absolute atomic E-state index is 10.9. The predicted octanol–water partition coefficient (Wildman–Crippen LogP) is 0.472. The van der Waals surface area contributed by atoms with E-state index in [1.54, 1.807) is 0 Å². The molecule has 1 fully saturated rings. The number of carbonyl (C=O) groups excluding carboxylic acids is 1. The maximum atomic E-state index is 10.9. The fraction of sp³-hybridized carbons (Fsp3) is 0.889. The zero-order valence-corrected chi connectivity index (χ0v) is 9.87. The second kappa shape index (κ2) is 6.29. The lowest BCUT2D eigenvalue weighted by Crippen LogP contribution is -2.22. The van der Waals surface area contributed by atoms with Crippen LogP contribution >= 0.6 is 0 Å². The second-order valence-electron chi connectivity index (χ2n) is 3.85. The third-order valence-electron chi connectivity index (χ3n) is 2.45. The van der Waals surface area contributed by atoms with Crippen molar-refractivity contribution in [3.05, 3.63) is 0 Å². The van der Waals surface area contributed by atoms with Crippen molar-refractivity contribution in [2.45, 2.75) is 44.6 Å². The number of primary sulfonamides is 1. The highest BCUT2D eigenvalue weighted by Crippen LogP contribution is 2.16. The Labute approximate surface area is 95.1 Å². The van der Waals surface area contributed by atoms with E-state index >= 15 is 0 Å². The summed E-state index contributed by atoms with van der Waals surface area (Å²) in [7, 11) is -3.99. The maximum Gasteiger partial charge on any atom is 0.271 e. The summed E-state index contributed by atoms with van der Waals surface area (Å²) in [6.07, 6.45) is 4.16. The van der Waals surface area contributed by atoms with Gasteiger partial charge in [0, 0.05) is 12.8 Å². The van der Waals surface area contributed by atoms with Gasteiger partial charge < -0.3 is 0 Å². The molecule has 2 N–H and O–H groups in total. The van der Waals surface area contributed by atoms with Crippen molar-refractivity contribution < 1.29 is 23.0 Å². The lowest BCUT2D eigenvalue weighted by atomic mass is 10.1. The van der Waals surface area contributed by atoms with Crippen LogP contribution in [0.1, 0.15) is 38.5 Å². The van der Waals surface area contributed by atoms with E-state index in [1.165, 1.54) is 0 Å². The number of carbonyl (C=O) groups is 1. The topological polar surface area (TPSA) is 95.7 Å². The van der Waals surface area contributed by atoms with E-state index in [2.05, 4.69) is 5.14 Å². The van der Waals surface area contributed by atoms with E-state index in [4.69, 9.17) is 9.78 Å². The highest BCUT2D eigenvalue weighted by molar-refractivity contribution is 8.04. The summed E-state index contributed by atoms with van der Waals surface area (Å²) in [5, 5.41) is 3.80. The highest BCUT2D eigenvalue weighted by Gasteiger charge is 2.17. The van der Waals surface area contributed by atoms with Gasteiger partial charge in [-0.2, -0.15) is 0 Å². The van der Waals surface area contributed by atoms with E-state index in [0.29, 0.717) is 13.0 Å². The van der Waals surface area contributed by atoms with Crippen LogP contribution in [0, 0.1) is 0 Å². The quantitative estimate of drug-likeness (QED) is 0.547. The molecule has 0 saturated carbocycles. The molecule has 0 spiro atoms. The van der Waals surface area contributed by atoms with E-state index in [0.717, 1.165) is 25.7 Å². The van der Waals surface area contributed by atoms with Gasteiger partial charge in [0.25, 0.3) is 15.1 Å². The molecule has 0 amide bonds. The van der Waals surface area contributed by atoms with Crippen molar-refractivity contribution in [1.82, 2.24) is 0 Å². The Bertz CT molecular complexity index is 321. The Balaban J connectivity index is 2.01.